The van der Waals surface area contributed by atoms with Crippen LogP contribution in [0.5, 0.6) is 0 Å². The molecule has 2 unspecified atom stereocenters. The Hall–Kier alpha value is -1.79. The monoisotopic (exact) mass is 365 g/mol. The molecule has 0 bridgehead atoms. The Labute approximate surface area is 152 Å². The number of rotatable bonds is 6. The summed E-state index contributed by atoms with van der Waals surface area (Å²) < 4.78 is 32.8. The highest BCUT2D eigenvalue weighted by molar-refractivity contribution is 5.81. The molecule has 2 atom stereocenters. The van der Waals surface area contributed by atoms with E-state index in [9.17, 15) is 18.7 Å². The van der Waals surface area contributed by atoms with E-state index >= 15 is 0 Å². The van der Waals surface area contributed by atoms with Crippen LogP contribution in [0.3, 0.4) is 0 Å². The van der Waals surface area contributed by atoms with Crippen LogP contribution in [-0.4, -0.2) is 36.7 Å². The first kappa shape index (κ1) is 19.0. The Kier molecular flexibility index (Phi) is 5.73. The third-order valence-corrected chi connectivity index (χ3v) is 5.33. The zero-order valence-corrected chi connectivity index (χ0v) is 14.7. The van der Waals surface area contributed by atoms with Crippen LogP contribution in [0.15, 0.2) is 42.0 Å². The average Bonchev–Trinajstić information content (AvgIpc) is 3.03. The van der Waals surface area contributed by atoms with Crippen molar-refractivity contribution in [1.29, 1.82) is 0 Å². The molecule has 4 nitrogen and oxygen atoms in total. The fourth-order valence-corrected chi connectivity index (χ4v) is 3.80. The number of hydrogen-bond acceptors (Lipinski definition) is 4. The summed E-state index contributed by atoms with van der Waals surface area (Å²) >= 11 is 0. The van der Waals surface area contributed by atoms with Crippen LogP contribution in [0, 0.1) is 5.92 Å². The largest absolute Gasteiger partial charge is 0.463 e. The molecule has 2 N–H and O–H groups in total. The number of nitrogens with one attached hydrogen (secondary N) is 1. The number of halogens is 2. The first-order valence-corrected chi connectivity index (χ1v) is 9.13. The molecule has 1 aromatic rings. The fraction of sp³-hybridized carbons (Fsp3) is 0.550. The molecule has 1 aliphatic heterocycles. The van der Waals surface area contributed by atoms with E-state index in [4.69, 9.17) is 4.74 Å². The van der Waals surface area contributed by atoms with Crippen LogP contribution in [0.4, 0.5) is 8.78 Å². The van der Waals surface area contributed by atoms with E-state index in [1.54, 1.807) is 30.3 Å². The summed E-state index contributed by atoms with van der Waals surface area (Å²) in [7, 11) is 0. The van der Waals surface area contributed by atoms with E-state index in [2.05, 4.69) is 11.4 Å². The van der Waals surface area contributed by atoms with Gasteiger partial charge in [-0.25, -0.2) is 13.6 Å². The number of carbonyl (C=O) groups excluding carboxylic acids is 1. The minimum Gasteiger partial charge on any atom is -0.463 e. The molecule has 1 saturated carbocycles. The molecule has 0 radical (unpaired) electrons. The Balaban J connectivity index is 1.73. The number of ether oxygens (including phenoxy) is 1. The summed E-state index contributed by atoms with van der Waals surface area (Å²) in [5.74, 6) is -4.54. The lowest BCUT2D eigenvalue weighted by Gasteiger charge is -2.32. The van der Waals surface area contributed by atoms with Crippen LogP contribution in [0.25, 0.3) is 0 Å². The molecule has 142 valence electrons. The van der Waals surface area contributed by atoms with Gasteiger partial charge in [-0.2, -0.15) is 0 Å². The maximum Gasteiger partial charge on any atom is 0.343 e. The molecule has 0 spiro atoms. The molecule has 3 rings (SSSR count). The van der Waals surface area contributed by atoms with E-state index in [0.29, 0.717) is 12.0 Å². The first-order valence-electron chi connectivity index (χ1n) is 9.13. The van der Waals surface area contributed by atoms with Gasteiger partial charge >= 0.3 is 5.97 Å². The minimum atomic E-state index is -2.85. The smallest absolute Gasteiger partial charge is 0.343 e. The van der Waals surface area contributed by atoms with Crippen molar-refractivity contribution < 1.29 is 23.4 Å². The van der Waals surface area contributed by atoms with E-state index in [-0.39, 0.29) is 19.4 Å². The van der Waals surface area contributed by atoms with Gasteiger partial charge in [0.05, 0.1) is 6.61 Å². The maximum absolute atomic E-state index is 13.7. The fourth-order valence-electron chi connectivity index (χ4n) is 3.80. The standard InChI is InChI=1S/C20H25F2NO3/c21-19(22)10-6-17(14-19)20(25,16-4-2-1-3-5-16)18(24)26-13-9-15-7-11-23-12-8-15/h1-5,7,17,23,25H,6,8-14H2. The van der Waals surface area contributed by atoms with Gasteiger partial charge in [0.2, 0.25) is 5.92 Å². The van der Waals surface area contributed by atoms with Crippen LogP contribution in [0.1, 0.15) is 37.7 Å². The van der Waals surface area contributed by atoms with E-state index < -0.39 is 29.8 Å². The van der Waals surface area contributed by atoms with Crippen molar-refractivity contribution in [3.05, 3.63) is 47.5 Å². The topological polar surface area (TPSA) is 58.6 Å². The highest BCUT2D eigenvalue weighted by Crippen LogP contribution is 2.47. The highest BCUT2D eigenvalue weighted by Gasteiger charge is 2.54. The molecule has 1 aromatic carbocycles. The summed E-state index contributed by atoms with van der Waals surface area (Å²) in [5, 5.41) is 14.4. The lowest BCUT2D eigenvalue weighted by molar-refractivity contribution is -0.174. The van der Waals surface area contributed by atoms with Gasteiger partial charge in [0, 0.05) is 31.7 Å². The predicted octanol–water partition coefficient (Wildman–Crippen LogP) is 3.16. The lowest BCUT2D eigenvalue weighted by atomic mass is 9.80. The van der Waals surface area contributed by atoms with Crippen molar-refractivity contribution in [3.63, 3.8) is 0 Å². The SMILES string of the molecule is O=C(OCCC1=CCNCC1)C(O)(c1ccccc1)C1CCC(F)(F)C1. The highest BCUT2D eigenvalue weighted by atomic mass is 19.3. The molecule has 1 aliphatic carbocycles. The van der Waals surface area contributed by atoms with Crippen molar-refractivity contribution in [3.8, 4) is 0 Å². The number of esters is 1. The number of alkyl halides is 2. The zero-order valence-electron chi connectivity index (χ0n) is 14.7. The van der Waals surface area contributed by atoms with Crippen molar-refractivity contribution >= 4 is 5.97 Å². The van der Waals surface area contributed by atoms with Crippen molar-refractivity contribution in [2.75, 3.05) is 19.7 Å². The average molecular weight is 365 g/mol. The zero-order chi connectivity index (χ0) is 18.6. The normalized spacial score (nSPS) is 24.6. The van der Waals surface area contributed by atoms with E-state index in [1.165, 1.54) is 5.57 Å². The minimum absolute atomic E-state index is 0.0876. The number of aliphatic hydroxyl groups is 1. The van der Waals surface area contributed by atoms with Gasteiger partial charge in [-0.05, 0) is 24.9 Å². The van der Waals surface area contributed by atoms with Crippen molar-refractivity contribution in [2.45, 2.75) is 43.6 Å². The molecule has 2 aliphatic rings. The van der Waals surface area contributed by atoms with Crippen LogP contribution < -0.4 is 5.32 Å². The van der Waals surface area contributed by atoms with Gasteiger partial charge in [0.25, 0.3) is 0 Å². The Morgan fingerprint density at radius 3 is 2.73 bits per heavy atom. The summed E-state index contributed by atoms with van der Waals surface area (Å²) in [6.07, 6.45) is 2.82. The molecule has 26 heavy (non-hydrogen) atoms. The van der Waals surface area contributed by atoms with Gasteiger partial charge in [0.1, 0.15) is 0 Å². The van der Waals surface area contributed by atoms with Gasteiger partial charge in [-0.1, -0.05) is 42.0 Å². The van der Waals surface area contributed by atoms with Gasteiger partial charge in [0.15, 0.2) is 5.60 Å². The predicted molar refractivity (Wildman–Crippen MR) is 93.8 cm³/mol. The summed E-state index contributed by atoms with van der Waals surface area (Å²) in [4.78, 5) is 12.8. The van der Waals surface area contributed by atoms with Crippen molar-refractivity contribution in [2.24, 2.45) is 5.92 Å². The summed E-state index contributed by atoms with van der Waals surface area (Å²) in [5.41, 5.74) is -0.523. The first-order chi connectivity index (χ1) is 12.4. The molecule has 1 fully saturated rings. The number of benzene rings is 1. The van der Waals surface area contributed by atoms with Crippen LogP contribution in [-0.2, 0) is 15.1 Å². The second-order valence-electron chi connectivity index (χ2n) is 7.13. The third kappa shape index (κ3) is 4.13. The molecule has 0 aromatic heterocycles. The molecular formula is C20H25F2NO3. The molecule has 0 saturated heterocycles. The second-order valence-corrected chi connectivity index (χ2v) is 7.13. The van der Waals surface area contributed by atoms with Gasteiger partial charge in [-0.15, -0.1) is 0 Å². The quantitative estimate of drug-likeness (QED) is 0.601. The Bertz CT molecular complexity index is 662. The summed E-state index contributed by atoms with van der Waals surface area (Å²) in [6, 6.07) is 8.29. The van der Waals surface area contributed by atoms with Gasteiger partial charge < -0.3 is 15.2 Å². The van der Waals surface area contributed by atoms with E-state index in [0.717, 1.165) is 19.5 Å². The molecule has 1 heterocycles. The third-order valence-electron chi connectivity index (χ3n) is 5.33. The molecule has 6 heteroatoms. The number of hydrogen-bond donors (Lipinski definition) is 2. The van der Waals surface area contributed by atoms with Crippen molar-refractivity contribution in [1.82, 2.24) is 5.32 Å². The Morgan fingerprint density at radius 1 is 1.35 bits per heavy atom. The van der Waals surface area contributed by atoms with Gasteiger partial charge in [-0.3, -0.25) is 0 Å². The Morgan fingerprint density at radius 2 is 2.12 bits per heavy atom. The maximum atomic E-state index is 13.7. The summed E-state index contributed by atoms with van der Waals surface area (Å²) in [6.45, 7) is 1.84. The second kappa shape index (κ2) is 7.84. The molecule has 0 amide bonds. The molecular weight excluding hydrogens is 340 g/mol. The van der Waals surface area contributed by atoms with E-state index in [1.807, 2.05) is 0 Å². The van der Waals surface area contributed by atoms with Crippen LogP contribution in [0.2, 0.25) is 0 Å². The van der Waals surface area contributed by atoms with Crippen LogP contribution >= 0.6 is 0 Å². The lowest BCUT2D eigenvalue weighted by Crippen LogP contribution is -2.44. The number of carbonyl (C=O) groups is 1.